The van der Waals surface area contributed by atoms with E-state index in [9.17, 15) is 33.9 Å². The molecular formula is C54H78Cl2N4O8. The van der Waals surface area contributed by atoms with Crippen molar-refractivity contribution in [1.82, 2.24) is 20.4 Å². The summed E-state index contributed by atoms with van der Waals surface area (Å²) in [6, 6.07) is 18.4. The Kier molecular flexibility index (Phi) is 30.6. The van der Waals surface area contributed by atoms with Crippen molar-refractivity contribution in [2.45, 2.75) is 182 Å². The Morgan fingerprint density at radius 2 is 0.809 bits per heavy atom. The van der Waals surface area contributed by atoms with Crippen LogP contribution >= 0.6 is 23.2 Å². The molecule has 12 nitrogen and oxygen atoms in total. The van der Waals surface area contributed by atoms with Crippen molar-refractivity contribution in [3.05, 3.63) is 105 Å². The number of hydrogen-bond donors (Lipinski definition) is 4. The maximum Gasteiger partial charge on any atom is 0.394 e. The van der Waals surface area contributed by atoms with E-state index in [2.05, 4.69) is 24.5 Å². The first kappa shape index (κ1) is 59.2. The third-order valence-corrected chi connectivity index (χ3v) is 12.1. The van der Waals surface area contributed by atoms with Gasteiger partial charge in [-0.25, -0.2) is 9.59 Å². The van der Waals surface area contributed by atoms with Crippen LogP contribution in [0, 0.1) is 0 Å². The van der Waals surface area contributed by atoms with E-state index in [1.165, 1.54) is 113 Å². The average molecular weight is 982 g/mol. The first-order chi connectivity index (χ1) is 32.7. The number of aliphatic carboxylic acids is 2. The van der Waals surface area contributed by atoms with Crippen LogP contribution in [-0.4, -0.2) is 74.7 Å². The quantitative estimate of drug-likeness (QED) is 0.0364. The van der Waals surface area contributed by atoms with Crippen LogP contribution in [0.15, 0.2) is 66.7 Å². The molecule has 0 heterocycles. The minimum Gasteiger partial charge on any atom is -0.474 e. The number of hydrogen-bond acceptors (Lipinski definition) is 6. The molecule has 4 amide bonds. The van der Waals surface area contributed by atoms with Crippen molar-refractivity contribution < 1.29 is 39.0 Å². The van der Waals surface area contributed by atoms with Crippen molar-refractivity contribution in [3.63, 3.8) is 0 Å². The zero-order valence-electron chi connectivity index (χ0n) is 41.1. The number of halogens is 2. The molecular weight excluding hydrogens is 904 g/mol. The number of unbranched alkanes of at least 4 members (excludes halogenated alkanes) is 18. The zero-order chi connectivity index (χ0) is 50.1. The Morgan fingerprint density at radius 1 is 0.471 bits per heavy atom. The molecule has 0 saturated carbocycles. The van der Waals surface area contributed by atoms with Crippen LogP contribution in [0.1, 0.15) is 194 Å². The minimum atomic E-state index is -1.55. The number of benzene rings is 3. The first-order valence-electron chi connectivity index (χ1n) is 24.9. The van der Waals surface area contributed by atoms with Crippen molar-refractivity contribution in [3.8, 4) is 0 Å². The predicted molar refractivity (Wildman–Crippen MR) is 273 cm³/mol. The average Bonchev–Trinajstić information content (AvgIpc) is 3.31. The third-order valence-electron chi connectivity index (χ3n) is 11.6. The highest BCUT2D eigenvalue weighted by Gasteiger charge is 2.24. The highest BCUT2D eigenvalue weighted by Crippen LogP contribution is 2.22. The second kappa shape index (κ2) is 35.2. The van der Waals surface area contributed by atoms with Gasteiger partial charge in [0.05, 0.1) is 0 Å². The van der Waals surface area contributed by atoms with E-state index in [1.807, 2.05) is 0 Å². The standard InChI is InChI=1S/C29H38Cl2N2O4.C25H40N2O4/c1-2-3-4-5-6-7-8-9-10-11-16-32-27(34)24-14-12-22(13-15-24)20-33(28(35)29(36)37)21-23-17-25(30)19-26(31)18-23;1-4-5-6-7-8-9-10-11-12-13-18-26-23(28)22-16-14-21(15-17-22)19-27(20(2)3)24(29)25(30)31/h12-15,17-19H,2-11,16,20-21H2,1H3,(H,32,34)(H,36,37);14-17,20H,4-13,18-19H2,1-3H3,(H,26,28)(H,30,31). The van der Waals surface area contributed by atoms with E-state index < -0.39 is 23.8 Å². The summed E-state index contributed by atoms with van der Waals surface area (Å²) in [6.07, 6.45) is 25.1. The molecule has 0 aliphatic carbocycles. The molecule has 3 aromatic rings. The van der Waals surface area contributed by atoms with Crippen molar-refractivity contribution in [1.29, 1.82) is 0 Å². The maximum atomic E-state index is 12.5. The van der Waals surface area contributed by atoms with E-state index in [0.717, 1.165) is 31.2 Å². The molecule has 4 N–H and O–H groups in total. The van der Waals surface area contributed by atoms with E-state index in [4.69, 9.17) is 28.3 Å². The smallest absolute Gasteiger partial charge is 0.394 e. The Labute approximate surface area is 415 Å². The van der Waals surface area contributed by atoms with Crippen molar-refractivity contribution in [2.24, 2.45) is 0 Å². The van der Waals surface area contributed by atoms with Gasteiger partial charge in [-0.15, -0.1) is 0 Å². The lowest BCUT2D eigenvalue weighted by Crippen LogP contribution is -2.40. The number of carbonyl (C=O) groups is 6. The summed E-state index contributed by atoms with van der Waals surface area (Å²) < 4.78 is 0. The van der Waals surface area contributed by atoms with Gasteiger partial charge in [-0.2, -0.15) is 0 Å². The summed E-state index contributed by atoms with van der Waals surface area (Å²) >= 11 is 12.1. The minimum absolute atomic E-state index is 0.0342. The van der Waals surface area contributed by atoms with Crippen LogP contribution in [0.5, 0.6) is 0 Å². The number of carboxylic acid groups (broad SMARTS) is 2. The molecule has 0 atom stereocenters. The normalized spacial score (nSPS) is 10.8. The number of nitrogens with zero attached hydrogens (tertiary/aromatic N) is 2. The topological polar surface area (TPSA) is 173 Å². The van der Waals surface area contributed by atoms with Crippen molar-refractivity contribution >= 4 is 58.8 Å². The molecule has 0 spiro atoms. The summed E-state index contributed by atoms with van der Waals surface area (Å²) in [4.78, 5) is 73.7. The van der Waals surface area contributed by atoms with Crippen LogP contribution in [0.4, 0.5) is 0 Å². The van der Waals surface area contributed by atoms with Gasteiger partial charge >= 0.3 is 23.8 Å². The van der Waals surface area contributed by atoms with E-state index in [-0.39, 0.29) is 37.5 Å². The molecule has 3 aromatic carbocycles. The number of carbonyl (C=O) groups excluding carboxylic acids is 4. The van der Waals surface area contributed by atoms with Crippen LogP contribution < -0.4 is 10.6 Å². The Hall–Kier alpha value is -4.94. The van der Waals surface area contributed by atoms with Crippen LogP contribution in [0.2, 0.25) is 10.0 Å². The lowest BCUT2D eigenvalue weighted by atomic mass is 10.1. The fourth-order valence-corrected chi connectivity index (χ4v) is 8.21. The van der Waals surface area contributed by atoms with Crippen molar-refractivity contribution in [2.75, 3.05) is 13.1 Å². The Balaban J connectivity index is 0.000000475. The summed E-state index contributed by atoms with van der Waals surface area (Å²) in [5.74, 6) is -5.21. The van der Waals surface area contributed by atoms with Gasteiger partial charge in [-0.1, -0.05) is 177 Å². The van der Waals surface area contributed by atoms with Gasteiger partial charge in [0.25, 0.3) is 11.8 Å². The van der Waals surface area contributed by atoms with E-state index >= 15 is 0 Å². The lowest BCUT2D eigenvalue weighted by molar-refractivity contribution is -0.157. The molecule has 0 unspecified atom stereocenters. The number of nitrogens with one attached hydrogen (secondary N) is 2. The molecule has 0 aliphatic rings. The zero-order valence-corrected chi connectivity index (χ0v) is 42.6. The maximum absolute atomic E-state index is 12.5. The molecule has 0 saturated heterocycles. The highest BCUT2D eigenvalue weighted by molar-refractivity contribution is 6.34. The SMILES string of the molecule is CCCCCCCCCCCCNC(=O)c1ccc(CN(C(=O)C(=O)O)C(C)C)cc1.CCCCCCCCCCCCNC(=O)c1ccc(CN(Cc2cc(Cl)cc(Cl)c2)C(=O)C(=O)O)cc1. The van der Waals surface area contributed by atoms with Gasteiger partial charge in [-0.3, -0.25) is 19.2 Å². The summed E-state index contributed by atoms with van der Waals surface area (Å²) in [7, 11) is 0. The molecule has 0 bridgehead atoms. The van der Waals surface area contributed by atoms with Gasteiger partial charge in [0.15, 0.2) is 0 Å². The Morgan fingerprint density at radius 3 is 1.16 bits per heavy atom. The molecule has 68 heavy (non-hydrogen) atoms. The monoisotopic (exact) mass is 981 g/mol. The summed E-state index contributed by atoms with van der Waals surface area (Å²) in [5, 5.41) is 24.9. The second-order valence-corrected chi connectivity index (χ2v) is 18.7. The highest BCUT2D eigenvalue weighted by atomic mass is 35.5. The largest absolute Gasteiger partial charge is 0.474 e. The Bertz CT molecular complexity index is 1940. The molecule has 0 fully saturated rings. The molecule has 376 valence electrons. The van der Waals surface area contributed by atoms with Gasteiger partial charge in [-0.05, 0) is 85.8 Å². The number of rotatable bonds is 31. The first-order valence-corrected chi connectivity index (χ1v) is 25.7. The fourth-order valence-electron chi connectivity index (χ4n) is 7.64. The summed E-state index contributed by atoms with van der Waals surface area (Å²) in [5.41, 5.74) is 3.20. The van der Waals surface area contributed by atoms with Gasteiger partial charge < -0.3 is 30.6 Å². The lowest BCUT2D eigenvalue weighted by Gasteiger charge is -2.25. The van der Waals surface area contributed by atoms with Crippen LogP contribution in [0.3, 0.4) is 0 Å². The molecule has 0 radical (unpaired) electrons. The fraction of sp³-hybridized carbons (Fsp3) is 0.556. The van der Waals surface area contributed by atoms with Gasteiger partial charge in [0.2, 0.25) is 0 Å². The predicted octanol–water partition coefficient (Wildman–Crippen LogP) is 12.4. The molecule has 0 aliphatic heterocycles. The van der Waals surface area contributed by atoms with Crippen LogP contribution in [-0.2, 0) is 38.8 Å². The van der Waals surface area contributed by atoms with E-state index in [0.29, 0.717) is 45.4 Å². The number of carboxylic acids is 2. The summed E-state index contributed by atoms with van der Waals surface area (Å²) in [6.45, 7) is 9.63. The molecule has 14 heteroatoms. The van der Waals surface area contributed by atoms with Crippen LogP contribution in [0.25, 0.3) is 0 Å². The van der Waals surface area contributed by atoms with Gasteiger partial charge in [0.1, 0.15) is 0 Å². The van der Waals surface area contributed by atoms with E-state index in [1.54, 1.807) is 80.6 Å². The molecule has 3 rings (SSSR count). The third kappa shape index (κ3) is 25.4. The van der Waals surface area contributed by atoms with Gasteiger partial charge in [0, 0.05) is 59.9 Å². The second-order valence-electron chi connectivity index (χ2n) is 17.8. The number of amides is 4. The molecule has 0 aromatic heterocycles.